The summed E-state index contributed by atoms with van der Waals surface area (Å²) < 4.78 is 0. The van der Waals surface area contributed by atoms with E-state index in [4.69, 9.17) is 5.11 Å². The first kappa shape index (κ1) is 12.7. The molecule has 0 bridgehead atoms. The maximum Gasteiger partial charge on any atom is 0.0448 e. The summed E-state index contributed by atoms with van der Waals surface area (Å²) in [5.41, 5.74) is 1.28. The summed E-state index contributed by atoms with van der Waals surface area (Å²) in [5, 5.41) is 12.3. The first-order chi connectivity index (χ1) is 6.08. The molecular formula is C11H23NO. The summed E-state index contributed by atoms with van der Waals surface area (Å²) in [7, 11) is 0. The molecule has 0 rings (SSSR count). The Morgan fingerprint density at radius 3 is 2.46 bits per heavy atom. The van der Waals surface area contributed by atoms with E-state index < -0.39 is 0 Å². The Hall–Kier alpha value is -0.340. The summed E-state index contributed by atoms with van der Waals surface area (Å²) in [5.74, 6) is 0. The van der Waals surface area contributed by atoms with Crippen molar-refractivity contribution in [3.8, 4) is 0 Å². The molecule has 0 radical (unpaired) electrons. The van der Waals surface area contributed by atoms with E-state index in [1.54, 1.807) is 0 Å². The molecule has 0 fully saturated rings. The lowest BCUT2D eigenvalue weighted by atomic mass is 9.94. The fourth-order valence-corrected chi connectivity index (χ4v) is 1.10. The van der Waals surface area contributed by atoms with Crippen molar-refractivity contribution >= 4 is 0 Å². The van der Waals surface area contributed by atoms with Gasteiger partial charge in [0.05, 0.1) is 0 Å². The molecule has 2 nitrogen and oxygen atoms in total. The van der Waals surface area contributed by atoms with Gasteiger partial charge in [-0.05, 0) is 26.2 Å². The van der Waals surface area contributed by atoms with Gasteiger partial charge in [-0.1, -0.05) is 26.0 Å². The molecule has 1 atom stereocenters. The summed E-state index contributed by atoms with van der Waals surface area (Å²) in [6.07, 6.45) is 2.86. The van der Waals surface area contributed by atoms with Crippen molar-refractivity contribution in [3.63, 3.8) is 0 Å². The van der Waals surface area contributed by atoms with Crippen LogP contribution in [0.15, 0.2) is 12.2 Å². The van der Waals surface area contributed by atoms with E-state index >= 15 is 0 Å². The van der Waals surface area contributed by atoms with Crippen LogP contribution in [0.5, 0.6) is 0 Å². The standard InChI is InChI=1S/C11H23NO/c1-5-10(3)9-12-11(4,6-2)7-8-13/h12-13H,3,5-9H2,1-2,4H3. The number of aliphatic hydroxyl groups excluding tert-OH is 1. The largest absolute Gasteiger partial charge is 0.396 e. The zero-order valence-electron chi connectivity index (χ0n) is 9.19. The third-order valence-electron chi connectivity index (χ3n) is 2.71. The molecule has 0 aliphatic carbocycles. The van der Waals surface area contributed by atoms with Gasteiger partial charge in [0.1, 0.15) is 0 Å². The summed E-state index contributed by atoms with van der Waals surface area (Å²) in [6, 6.07) is 0. The SMILES string of the molecule is C=C(CC)CNC(C)(CC)CCO. The van der Waals surface area contributed by atoms with Gasteiger partial charge in [-0.15, -0.1) is 0 Å². The van der Waals surface area contributed by atoms with Crippen molar-refractivity contribution in [1.29, 1.82) is 0 Å². The lowest BCUT2D eigenvalue weighted by Crippen LogP contribution is -2.43. The highest BCUT2D eigenvalue weighted by atomic mass is 16.3. The molecule has 0 aromatic rings. The van der Waals surface area contributed by atoms with Crippen LogP contribution in [0.25, 0.3) is 0 Å². The Bertz CT molecular complexity index is 156. The normalized spacial score (nSPS) is 15.4. The van der Waals surface area contributed by atoms with E-state index in [0.717, 1.165) is 25.8 Å². The fourth-order valence-electron chi connectivity index (χ4n) is 1.10. The summed E-state index contributed by atoms with van der Waals surface area (Å²) in [4.78, 5) is 0. The minimum atomic E-state index is 0.0624. The Labute approximate surface area is 82.0 Å². The quantitative estimate of drug-likeness (QED) is 0.595. The fraction of sp³-hybridized carbons (Fsp3) is 0.818. The Balaban J connectivity index is 3.89. The molecule has 0 amide bonds. The molecule has 2 N–H and O–H groups in total. The van der Waals surface area contributed by atoms with E-state index in [1.165, 1.54) is 5.57 Å². The van der Waals surface area contributed by atoms with Crippen LogP contribution in [0.1, 0.15) is 40.0 Å². The van der Waals surface area contributed by atoms with Gasteiger partial charge in [-0.3, -0.25) is 0 Å². The summed E-state index contributed by atoms with van der Waals surface area (Å²) >= 11 is 0. The topological polar surface area (TPSA) is 32.3 Å². The maximum absolute atomic E-state index is 8.89. The van der Waals surface area contributed by atoms with E-state index in [-0.39, 0.29) is 12.1 Å². The predicted octanol–water partition coefficient (Wildman–Crippen LogP) is 2.09. The van der Waals surface area contributed by atoms with Gasteiger partial charge < -0.3 is 10.4 Å². The maximum atomic E-state index is 8.89. The van der Waals surface area contributed by atoms with Gasteiger partial charge in [0, 0.05) is 18.7 Å². The molecule has 0 aliphatic heterocycles. The Morgan fingerprint density at radius 1 is 1.46 bits per heavy atom. The number of hydrogen-bond donors (Lipinski definition) is 2. The van der Waals surface area contributed by atoms with E-state index in [0.29, 0.717) is 0 Å². The van der Waals surface area contributed by atoms with E-state index in [2.05, 4.69) is 32.7 Å². The smallest absolute Gasteiger partial charge is 0.0448 e. The molecule has 0 saturated carbocycles. The molecule has 2 heteroatoms. The van der Waals surface area contributed by atoms with Crippen molar-refractivity contribution in [1.82, 2.24) is 5.32 Å². The highest BCUT2D eigenvalue weighted by Gasteiger charge is 2.19. The molecule has 0 spiro atoms. The van der Waals surface area contributed by atoms with Crippen LogP contribution in [0.3, 0.4) is 0 Å². The molecule has 0 saturated heterocycles. The average molecular weight is 185 g/mol. The molecule has 0 aromatic heterocycles. The summed E-state index contributed by atoms with van der Waals surface area (Å²) in [6.45, 7) is 11.4. The van der Waals surface area contributed by atoms with Gasteiger partial charge in [0.2, 0.25) is 0 Å². The first-order valence-corrected chi connectivity index (χ1v) is 5.10. The van der Waals surface area contributed by atoms with Crippen LogP contribution in [0.4, 0.5) is 0 Å². The second-order valence-electron chi connectivity index (χ2n) is 3.84. The van der Waals surface area contributed by atoms with Crippen LogP contribution in [0, 0.1) is 0 Å². The zero-order chi connectivity index (χ0) is 10.3. The van der Waals surface area contributed by atoms with Gasteiger partial charge >= 0.3 is 0 Å². The second kappa shape index (κ2) is 6.17. The van der Waals surface area contributed by atoms with Gasteiger partial charge in [-0.2, -0.15) is 0 Å². The number of nitrogens with one attached hydrogen (secondary N) is 1. The Kier molecular flexibility index (Phi) is 6.00. The second-order valence-corrected chi connectivity index (χ2v) is 3.84. The van der Waals surface area contributed by atoms with E-state index in [9.17, 15) is 0 Å². The van der Waals surface area contributed by atoms with Crippen LogP contribution < -0.4 is 5.32 Å². The highest BCUT2D eigenvalue weighted by Crippen LogP contribution is 2.14. The predicted molar refractivity (Wildman–Crippen MR) is 57.8 cm³/mol. The third-order valence-corrected chi connectivity index (χ3v) is 2.71. The molecular weight excluding hydrogens is 162 g/mol. The molecule has 0 aliphatic rings. The first-order valence-electron chi connectivity index (χ1n) is 5.10. The monoisotopic (exact) mass is 185 g/mol. The van der Waals surface area contributed by atoms with Crippen LogP contribution >= 0.6 is 0 Å². The molecule has 13 heavy (non-hydrogen) atoms. The van der Waals surface area contributed by atoms with Crippen molar-refractivity contribution < 1.29 is 5.11 Å². The number of hydrogen-bond acceptors (Lipinski definition) is 2. The van der Waals surface area contributed by atoms with Crippen LogP contribution in [0.2, 0.25) is 0 Å². The van der Waals surface area contributed by atoms with Crippen molar-refractivity contribution in [2.24, 2.45) is 0 Å². The molecule has 0 aromatic carbocycles. The van der Waals surface area contributed by atoms with Crippen molar-refractivity contribution in [2.75, 3.05) is 13.2 Å². The van der Waals surface area contributed by atoms with Crippen molar-refractivity contribution in [3.05, 3.63) is 12.2 Å². The van der Waals surface area contributed by atoms with Gasteiger partial charge in [0.25, 0.3) is 0 Å². The van der Waals surface area contributed by atoms with E-state index in [1.807, 2.05) is 0 Å². The van der Waals surface area contributed by atoms with Crippen molar-refractivity contribution in [2.45, 2.75) is 45.6 Å². The minimum absolute atomic E-state index is 0.0624. The minimum Gasteiger partial charge on any atom is -0.396 e. The highest BCUT2D eigenvalue weighted by molar-refractivity contribution is 4.97. The lowest BCUT2D eigenvalue weighted by molar-refractivity contribution is 0.219. The number of aliphatic hydroxyl groups is 1. The van der Waals surface area contributed by atoms with Gasteiger partial charge in [-0.25, -0.2) is 0 Å². The molecule has 0 heterocycles. The third kappa shape index (κ3) is 5.06. The van der Waals surface area contributed by atoms with Crippen LogP contribution in [-0.2, 0) is 0 Å². The Morgan fingerprint density at radius 2 is 2.08 bits per heavy atom. The van der Waals surface area contributed by atoms with Gasteiger partial charge in [0.15, 0.2) is 0 Å². The lowest BCUT2D eigenvalue weighted by Gasteiger charge is -2.29. The number of rotatable bonds is 7. The average Bonchev–Trinajstić information content (AvgIpc) is 2.15. The molecule has 78 valence electrons. The molecule has 1 unspecified atom stereocenters. The zero-order valence-corrected chi connectivity index (χ0v) is 9.19. The van der Waals surface area contributed by atoms with Crippen LogP contribution in [-0.4, -0.2) is 23.8 Å².